The number of rotatable bonds is 4. The summed E-state index contributed by atoms with van der Waals surface area (Å²) in [6.45, 7) is 0. The Hall–Kier alpha value is -6.44. The van der Waals surface area contributed by atoms with Gasteiger partial charge in [0.1, 0.15) is 11.2 Å². The number of hydrogen-bond donors (Lipinski definition) is 0. The van der Waals surface area contributed by atoms with Crippen LogP contribution < -0.4 is 0 Å². The molecule has 0 saturated carbocycles. The van der Waals surface area contributed by atoms with Crippen LogP contribution in [0.25, 0.3) is 98.8 Å². The molecule has 1 heteroatoms. The summed E-state index contributed by atoms with van der Waals surface area (Å²) in [5, 5.41) is 9.38. The molecule has 1 aromatic heterocycles. The molecule has 0 aliphatic heterocycles. The smallest absolute Gasteiger partial charge is 0.143 e. The van der Waals surface area contributed by atoms with Crippen LogP contribution in [-0.4, -0.2) is 0 Å². The largest absolute Gasteiger partial charge is 0.455 e. The van der Waals surface area contributed by atoms with Crippen molar-refractivity contribution in [3.8, 4) is 44.5 Å². The highest BCUT2D eigenvalue weighted by molar-refractivity contribution is 6.23. The first-order chi connectivity index (χ1) is 24.7. The van der Waals surface area contributed by atoms with Gasteiger partial charge in [-0.2, -0.15) is 0 Å². The summed E-state index contributed by atoms with van der Waals surface area (Å²) >= 11 is 0. The van der Waals surface area contributed by atoms with Crippen LogP contribution in [0.15, 0.2) is 186 Å². The zero-order valence-electron chi connectivity index (χ0n) is 27.7. The standard InChI is InChI=1S/C48H30O/c1-2-13-33(14-3-1)43-29-37(30-44-38-16-10-11-21-45(38)49-48(43)44)47-41-19-8-6-17-39(41)46(40-18-7-9-20-42(40)47)34-25-22-32(23-26-34)36-27-24-31-12-4-5-15-35(31)28-36/h1-30H/i4D. The Morgan fingerprint density at radius 2 is 0.939 bits per heavy atom. The number of benzene rings is 9. The maximum absolute atomic E-state index is 7.97. The molecule has 0 radical (unpaired) electrons. The van der Waals surface area contributed by atoms with E-state index in [4.69, 9.17) is 5.79 Å². The molecule has 228 valence electrons. The molecule has 49 heavy (non-hydrogen) atoms. The third kappa shape index (κ3) is 4.47. The predicted octanol–water partition coefficient (Wildman–Crippen LogP) is 13.7. The molecule has 0 spiro atoms. The van der Waals surface area contributed by atoms with Crippen molar-refractivity contribution in [3.05, 3.63) is 182 Å². The van der Waals surface area contributed by atoms with Crippen molar-refractivity contribution >= 4 is 54.3 Å². The highest BCUT2D eigenvalue weighted by Gasteiger charge is 2.20. The topological polar surface area (TPSA) is 13.1 Å². The minimum Gasteiger partial charge on any atom is -0.455 e. The van der Waals surface area contributed by atoms with Crippen LogP contribution in [0.2, 0.25) is 0 Å². The Kier molecular flexibility index (Phi) is 6.02. The van der Waals surface area contributed by atoms with Crippen molar-refractivity contribution in [2.24, 2.45) is 0 Å². The van der Waals surface area contributed by atoms with Crippen LogP contribution in [0.3, 0.4) is 0 Å². The average Bonchev–Trinajstić information content (AvgIpc) is 3.55. The van der Waals surface area contributed by atoms with E-state index in [1.54, 1.807) is 0 Å². The normalized spacial score (nSPS) is 12.0. The molecule has 0 bridgehead atoms. The molecular formula is C48H30O. The highest BCUT2D eigenvalue weighted by Crippen LogP contribution is 2.47. The zero-order valence-corrected chi connectivity index (χ0v) is 26.7. The van der Waals surface area contributed by atoms with Gasteiger partial charge in [-0.05, 0) is 95.5 Å². The minimum absolute atomic E-state index is 0.534. The van der Waals surface area contributed by atoms with Crippen molar-refractivity contribution in [2.45, 2.75) is 0 Å². The van der Waals surface area contributed by atoms with E-state index in [1.807, 2.05) is 24.3 Å². The molecule has 1 nitrogen and oxygen atoms in total. The summed E-state index contributed by atoms with van der Waals surface area (Å²) < 4.78 is 14.5. The summed E-state index contributed by atoms with van der Waals surface area (Å²) in [5.41, 5.74) is 11.2. The number of furan rings is 1. The van der Waals surface area contributed by atoms with E-state index in [-0.39, 0.29) is 0 Å². The second kappa shape index (κ2) is 11.1. The second-order valence-electron chi connectivity index (χ2n) is 12.8. The monoisotopic (exact) mass is 623 g/mol. The highest BCUT2D eigenvalue weighted by atomic mass is 16.3. The predicted molar refractivity (Wildman–Crippen MR) is 208 cm³/mol. The van der Waals surface area contributed by atoms with Crippen molar-refractivity contribution in [2.75, 3.05) is 0 Å². The molecule has 0 atom stereocenters. The van der Waals surface area contributed by atoms with Crippen LogP contribution in [0.1, 0.15) is 1.37 Å². The molecule has 1 heterocycles. The molecule has 10 rings (SSSR count). The third-order valence-corrected chi connectivity index (χ3v) is 9.97. The van der Waals surface area contributed by atoms with E-state index in [9.17, 15) is 0 Å². The third-order valence-electron chi connectivity index (χ3n) is 9.97. The summed E-state index contributed by atoms with van der Waals surface area (Å²) in [6, 6.07) is 63.1. The van der Waals surface area contributed by atoms with Crippen LogP contribution >= 0.6 is 0 Å². The zero-order chi connectivity index (χ0) is 33.2. The fourth-order valence-electron chi connectivity index (χ4n) is 7.69. The first kappa shape index (κ1) is 26.6. The lowest BCUT2D eigenvalue weighted by Crippen LogP contribution is -1.92. The summed E-state index contributed by atoms with van der Waals surface area (Å²) in [6.07, 6.45) is 0. The molecule has 10 aromatic rings. The van der Waals surface area contributed by atoms with E-state index >= 15 is 0 Å². The van der Waals surface area contributed by atoms with Crippen molar-refractivity contribution < 1.29 is 5.79 Å². The number of fused-ring (bicyclic) bond motifs is 6. The lowest BCUT2D eigenvalue weighted by molar-refractivity contribution is 0.670. The lowest BCUT2D eigenvalue weighted by Gasteiger charge is -2.18. The van der Waals surface area contributed by atoms with Crippen LogP contribution in [0.4, 0.5) is 0 Å². The average molecular weight is 624 g/mol. The van der Waals surface area contributed by atoms with Gasteiger partial charge < -0.3 is 4.42 Å². The number of hydrogen-bond acceptors (Lipinski definition) is 1. The molecule has 0 N–H and O–H groups in total. The van der Waals surface area contributed by atoms with Gasteiger partial charge in [0.25, 0.3) is 0 Å². The minimum atomic E-state index is 0.534. The van der Waals surface area contributed by atoms with Gasteiger partial charge in [-0.25, -0.2) is 0 Å². The van der Waals surface area contributed by atoms with Gasteiger partial charge in [0.05, 0.1) is 1.37 Å². The van der Waals surface area contributed by atoms with E-state index < -0.39 is 0 Å². The van der Waals surface area contributed by atoms with E-state index in [1.165, 1.54) is 54.9 Å². The lowest BCUT2D eigenvalue weighted by atomic mass is 9.84. The maximum atomic E-state index is 7.97. The SMILES string of the molecule is [2H]c1ccc2cc(-c3ccc(-c4c5ccccc5c(-c5cc(-c6ccccc6)c6oc7ccccc7c6c5)c5ccccc45)cc3)ccc2c1. The Morgan fingerprint density at radius 1 is 0.347 bits per heavy atom. The summed E-state index contributed by atoms with van der Waals surface area (Å²) in [5.74, 6) is 0. The second-order valence-corrected chi connectivity index (χ2v) is 12.8. The van der Waals surface area contributed by atoms with E-state index in [2.05, 4.69) is 152 Å². The molecule has 0 aliphatic carbocycles. The van der Waals surface area contributed by atoms with Gasteiger partial charge in [0.2, 0.25) is 0 Å². The maximum Gasteiger partial charge on any atom is 0.143 e. The van der Waals surface area contributed by atoms with E-state index in [0.717, 1.165) is 43.8 Å². The van der Waals surface area contributed by atoms with Gasteiger partial charge >= 0.3 is 0 Å². The van der Waals surface area contributed by atoms with Crippen LogP contribution in [0, 0.1) is 0 Å². The van der Waals surface area contributed by atoms with Crippen molar-refractivity contribution in [3.63, 3.8) is 0 Å². The van der Waals surface area contributed by atoms with E-state index in [0.29, 0.717) is 6.04 Å². The Bertz CT molecular complexity index is 2860. The van der Waals surface area contributed by atoms with Gasteiger partial charge in [-0.3, -0.25) is 0 Å². The van der Waals surface area contributed by atoms with Gasteiger partial charge in [-0.15, -0.1) is 0 Å². The summed E-state index contributed by atoms with van der Waals surface area (Å²) in [7, 11) is 0. The van der Waals surface area contributed by atoms with Crippen LogP contribution in [0.5, 0.6) is 0 Å². The first-order valence-corrected chi connectivity index (χ1v) is 16.8. The molecular weight excluding hydrogens is 593 g/mol. The van der Waals surface area contributed by atoms with Gasteiger partial charge in [-0.1, -0.05) is 158 Å². The molecule has 0 amide bonds. The molecule has 0 saturated heterocycles. The Labute approximate surface area is 285 Å². The fraction of sp³-hybridized carbons (Fsp3) is 0. The molecule has 0 aliphatic rings. The Balaban J connectivity index is 1.20. The quantitative estimate of drug-likeness (QED) is 0.178. The van der Waals surface area contributed by atoms with Gasteiger partial charge in [0, 0.05) is 16.3 Å². The van der Waals surface area contributed by atoms with Crippen LogP contribution in [-0.2, 0) is 0 Å². The van der Waals surface area contributed by atoms with Crippen molar-refractivity contribution in [1.29, 1.82) is 0 Å². The number of para-hydroxylation sites is 1. The Morgan fingerprint density at radius 3 is 1.65 bits per heavy atom. The molecule has 0 fully saturated rings. The molecule has 9 aromatic carbocycles. The summed E-state index contributed by atoms with van der Waals surface area (Å²) in [4.78, 5) is 0. The molecule has 0 unspecified atom stereocenters. The fourth-order valence-corrected chi connectivity index (χ4v) is 7.69. The van der Waals surface area contributed by atoms with Gasteiger partial charge in [0.15, 0.2) is 0 Å². The first-order valence-electron chi connectivity index (χ1n) is 17.3. The van der Waals surface area contributed by atoms with Crippen molar-refractivity contribution in [1.82, 2.24) is 0 Å².